The lowest BCUT2D eigenvalue weighted by atomic mass is 10.0. The van der Waals surface area contributed by atoms with Crippen LogP contribution >= 0.6 is 0 Å². The van der Waals surface area contributed by atoms with Gasteiger partial charge in [0.1, 0.15) is 0 Å². The summed E-state index contributed by atoms with van der Waals surface area (Å²) in [6.45, 7) is 3.98. The topological polar surface area (TPSA) is 66.4 Å². The van der Waals surface area contributed by atoms with E-state index in [4.69, 9.17) is 5.11 Å². The summed E-state index contributed by atoms with van der Waals surface area (Å²) in [5, 5.41) is 11.9. The van der Waals surface area contributed by atoms with Crippen LogP contribution < -0.4 is 5.32 Å². The molecule has 4 nitrogen and oxygen atoms in total. The summed E-state index contributed by atoms with van der Waals surface area (Å²) in [7, 11) is 0. The summed E-state index contributed by atoms with van der Waals surface area (Å²) in [4.78, 5) is 23.2. The summed E-state index contributed by atoms with van der Waals surface area (Å²) in [5.74, 6) is -1.25. The Kier molecular flexibility index (Phi) is 4.38. The molecular formula is C17H17NO3. The van der Waals surface area contributed by atoms with Gasteiger partial charge >= 0.3 is 5.97 Å². The summed E-state index contributed by atoms with van der Waals surface area (Å²) in [6.07, 6.45) is 0.0371. The Morgan fingerprint density at radius 1 is 1.05 bits per heavy atom. The normalized spacial score (nSPS) is 10.2. The molecule has 0 atom stereocenters. The average Bonchev–Trinajstić information content (AvgIpc) is 2.43. The Hall–Kier alpha value is -2.62. The van der Waals surface area contributed by atoms with E-state index >= 15 is 0 Å². The molecule has 21 heavy (non-hydrogen) atoms. The van der Waals surface area contributed by atoms with Gasteiger partial charge in [-0.25, -0.2) is 4.79 Å². The molecule has 0 saturated carbocycles. The first kappa shape index (κ1) is 14.8. The Bertz CT molecular complexity index is 692. The van der Waals surface area contributed by atoms with E-state index in [9.17, 15) is 9.59 Å². The van der Waals surface area contributed by atoms with Gasteiger partial charge in [0, 0.05) is 5.69 Å². The number of nitrogens with one attached hydrogen (secondary N) is 1. The molecule has 0 unspecified atom stereocenters. The zero-order valence-corrected chi connectivity index (χ0v) is 12.0. The average molecular weight is 283 g/mol. The first-order valence-electron chi connectivity index (χ1n) is 6.65. The predicted octanol–water partition coefficient (Wildman–Crippen LogP) is 3.18. The highest BCUT2D eigenvalue weighted by atomic mass is 16.4. The minimum Gasteiger partial charge on any atom is -0.478 e. The Balaban J connectivity index is 2.12. The van der Waals surface area contributed by atoms with Crippen molar-refractivity contribution >= 4 is 17.6 Å². The number of rotatable bonds is 4. The zero-order chi connectivity index (χ0) is 15.4. The lowest BCUT2D eigenvalue weighted by Gasteiger charge is -2.09. The van der Waals surface area contributed by atoms with E-state index in [0.29, 0.717) is 5.56 Å². The lowest BCUT2D eigenvalue weighted by molar-refractivity contribution is -0.115. The van der Waals surface area contributed by atoms with Crippen LogP contribution in [0.15, 0.2) is 42.5 Å². The fraction of sp³-hybridized carbons (Fsp3) is 0.176. The van der Waals surface area contributed by atoms with Gasteiger partial charge in [-0.05, 0) is 48.7 Å². The summed E-state index contributed by atoms with van der Waals surface area (Å²) >= 11 is 0. The summed E-state index contributed by atoms with van der Waals surface area (Å²) < 4.78 is 0. The van der Waals surface area contributed by atoms with Crippen LogP contribution in [-0.2, 0) is 11.2 Å². The molecule has 0 heterocycles. The van der Waals surface area contributed by atoms with Crippen molar-refractivity contribution in [3.8, 4) is 0 Å². The Morgan fingerprint density at radius 2 is 1.76 bits per heavy atom. The van der Waals surface area contributed by atoms with Gasteiger partial charge in [0.15, 0.2) is 0 Å². The molecule has 0 aliphatic rings. The molecule has 2 N–H and O–H groups in total. The SMILES string of the molecule is Cc1ccc(NC(=O)Cc2ccccc2C(=O)O)cc1C. The number of benzene rings is 2. The number of aryl methyl sites for hydroxylation is 2. The van der Waals surface area contributed by atoms with Gasteiger partial charge in [-0.3, -0.25) is 4.79 Å². The van der Waals surface area contributed by atoms with E-state index in [2.05, 4.69) is 5.32 Å². The molecule has 4 heteroatoms. The number of hydrogen-bond acceptors (Lipinski definition) is 2. The molecule has 108 valence electrons. The highest BCUT2D eigenvalue weighted by molar-refractivity contribution is 5.96. The van der Waals surface area contributed by atoms with Crippen molar-refractivity contribution in [3.05, 3.63) is 64.7 Å². The summed E-state index contributed by atoms with van der Waals surface area (Å²) in [5.41, 5.74) is 3.64. The highest BCUT2D eigenvalue weighted by Gasteiger charge is 2.12. The van der Waals surface area contributed by atoms with Gasteiger partial charge in [0.05, 0.1) is 12.0 Å². The van der Waals surface area contributed by atoms with E-state index < -0.39 is 5.97 Å². The molecule has 0 radical (unpaired) electrons. The fourth-order valence-corrected chi connectivity index (χ4v) is 2.08. The molecule has 2 aromatic rings. The summed E-state index contributed by atoms with van der Waals surface area (Å²) in [6, 6.07) is 12.2. The van der Waals surface area contributed by atoms with E-state index in [1.165, 1.54) is 6.07 Å². The van der Waals surface area contributed by atoms with E-state index in [1.807, 2.05) is 32.0 Å². The molecule has 2 aromatic carbocycles. The maximum absolute atomic E-state index is 12.0. The van der Waals surface area contributed by atoms with Crippen molar-refractivity contribution in [1.29, 1.82) is 0 Å². The molecule has 0 bridgehead atoms. The number of anilines is 1. The number of amides is 1. The van der Waals surface area contributed by atoms with Gasteiger partial charge in [-0.2, -0.15) is 0 Å². The van der Waals surface area contributed by atoms with Crippen molar-refractivity contribution < 1.29 is 14.7 Å². The Morgan fingerprint density at radius 3 is 2.43 bits per heavy atom. The quantitative estimate of drug-likeness (QED) is 0.905. The highest BCUT2D eigenvalue weighted by Crippen LogP contribution is 2.15. The minimum atomic E-state index is -1.02. The first-order chi connectivity index (χ1) is 9.97. The molecule has 0 saturated heterocycles. The van der Waals surface area contributed by atoms with Crippen LogP contribution in [-0.4, -0.2) is 17.0 Å². The van der Waals surface area contributed by atoms with Crippen molar-refractivity contribution in [2.45, 2.75) is 20.3 Å². The Labute approximate surface area is 123 Å². The van der Waals surface area contributed by atoms with Crippen LogP contribution in [0.3, 0.4) is 0 Å². The van der Waals surface area contributed by atoms with Crippen LogP contribution in [0.5, 0.6) is 0 Å². The van der Waals surface area contributed by atoms with Crippen LogP contribution in [0.4, 0.5) is 5.69 Å². The first-order valence-corrected chi connectivity index (χ1v) is 6.65. The molecule has 2 rings (SSSR count). The molecule has 0 aliphatic heterocycles. The predicted molar refractivity (Wildman–Crippen MR) is 81.7 cm³/mol. The maximum atomic E-state index is 12.0. The van der Waals surface area contributed by atoms with Crippen LogP contribution in [0.2, 0.25) is 0 Å². The van der Waals surface area contributed by atoms with Crippen LogP contribution in [0.1, 0.15) is 27.0 Å². The number of carboxylic acid groups (broad SMARTS) is 1. The van der Waals surface area contributed by atoms with Crippen LogP contribution in [0, 0.1) is 13.8 Å². The number of carbonyl (C=O) groups excluding carboxylic acids is 1. The maximum Gasteiger partial charge on any atom is 0.335 e. The van der Waals surface area contributed by atoms with Crippen LogP contribution in [0.25, 0.3) is 0 Å². The second-order valence-electron chi connectivity index (χ2n) is 4.99. The zero-order valence-electron chi connectivity index (χ0n) is 12.0. The number of hydrogen-bond donors (Lipinski definition) is 2. The second kappa shape index (κ2) is 6.22. The monoisotopic (exact) mass is 283 g/mol. The van der Waals surface area contributed by atoms with Gasteiger partial charge in [-0.1, -0.05) is 24.3 Å². The van der Waals surface area contributed by atoms with Crippen molar-refractivity contribution in [3.63, 3.8) is 0 Å². The largest absolute Gasteiger partial charge is 0.478 e. The van der Waals surface area contributed by atoms with Gasteiger partial charge in [0.2, 0.25) is 5.91 Å². The second-order valence-corrected chi connectivity index (χ2v) is 4.99. The molecule has 0 aromatic heterocycles. The lowest BCUT2D eigenvalue weighted by Crippen LogP contribution is -2.16. The number of carboxylic acids is 1. The molecule has 0 fully saturated rings. The standard InChI is InChI=1S/C17H17NO3/c1-11-7-8-14(9-12(11)2)18-16(19)10-13-5-3-4-6-15(13)17(20)21/h3-9H,10H2,1-2H3,(H,18,19)(H,20,21). The van der Waals surface area contributed by atoms with E-state index in [1.54, 1.807) is 18.2 Å². The molecule has 0 spiro atoms. The van der Waals surface area contributed by atoms with Crippen molar-refractivity contribution in [2.75, 3.05) is 5.32 Å². The van der Waals surface area contributed by atoms with E-state index in [0.717, 1.165) is 16.8 Å². The van der Waals surface area contributed by atoms with E-state index in [-0.39, 0.29) is 17.9 Å². The minimum absolute atomic E-state index is 0.0371. The third-order valence-corrected chi connectivity index (χ3v) is 3.39. The third-order valence-electron chi connectivity index (χ3n) is 3.39. The van der Waals surface area contributed by atoms with Gasteiger partial charge in [0.25, 0.3) is 0 Å². The van der Waals surface area contributed by atoms with Gasteiger partial charge in [-0.15, -0.1) is 0 Å². The number of carbonyl (C=O) groups is 2. The smallest absolute Gasteiger partial charge is 0.335 e. The fourth-order valence-electron chi connectivity index (χ4n) is 2.08. The molecular weight excluding hydrogens is 266 g/mol. The van der Waals surface area contributed by atoms with Gasteiger partial charge < -0.3 is 10.4 Å². The molecule has 1 amide bonds. The third kappa shape index (κ3) is 3.69. The van der Waals surface area contributed by atoms with Crippen molar-refractivity contribution in [2.24, 2.45) is 0 Å². The van der Waals surface area contributed by atoms with Crippen molar-refractivity contribution in [1.82, 2.24) is 0 Å². The number of aromatic carboxylic acids is 1. The molecule has 0 aliphatic carbocycles.